The average molecular weight is 282 g/mol. The summed E-state index contributed by atoms with van der Waals surface area (Å²) in [7, 11) is 1.76. The molecule has 6 nitrogen and oxygen atoms in total. The standard InChI is InChI=1S/C12H16ClN5O/c1-19-7-9-2-4-17(5-3-9)11-6-10(13)16-12-14-8-15-18(11)12/h6,8-9H,2-5,7H2,1H3. The van der Waals surface area contributed by atoms with E-state index >= 15 is 0 Å². The predicted octanol–water partition coefficient (Wildman–Crippen LogP) is 1.64. The van der Waals surface area contributed by atoms with Gasteiger partial charge in [0.25, 0.3) is 5.78 Å². The van der Waals surface area contributed by atoms with Crippen LogP contribution in [0.1, 0.15) is 12.8 Å². The number of rotatable bonds is 3. The molecule has 0 saturated carbocycles. The Bertz CT molecular complexity index is 564. The molecule has 3 heterocycles. The topological polar surface area (TPSA) is 55.5 Å². The van der Waals surface area contributed by atoms with Crippen molar-refractivity contribution >= 4 is 23.2 Å². The minimum Gasteiger partial charge on any atom is -0.384 e. The zero-order valence-electron chi connectivity index (χ0n) is 10.8. The molecule has 102 valence electrons. The number of aromatic nitrogens is 4. The molecule has 1 aliphatic heterocycles. The first-order valence-corrected chi connectivity index (χ1v) is 6.76. The number of halogens is 1. The van der Waals surface area contributed by atoms with Crippen LogP contribution >= 0.6 is 11.6 Å². The van der Waals surface area contributed by atoms with E-state index in [-0.39, 0.29) is 0 Å². The van der Waals surface area contributed by atoms with Gasteiger partial charge in [-0.25, -0.2) is 0 Å². The Balaban J connectivity index is 1.83. The molecule has 0 aliphatic carbocycles. The monoisotopic (exact) mass is 281 g/mol. The van der Waals surface area contributed by atoms with Gasteiger partial charge in [-0.3, -0.25) is 0 Å². The maximum atomic E-state index is 6.04. The highest BCUT2D eigenvalue weighted by atomic mass is 35.5. The second-order valence-corrected chi connectivity index (χ2v) is 5.18. The van der Waals surface area contributed by atoms with Crippen LogP contribution in [0, 0.1) is 5.92 Å². The molecule has 2 aromatic rings. The summed E-state index contributed by atoms with van der Waals surface area (Å²) in [6.07, 6.45) is 3.73. The Morgan fingerprint density at radius 2 is 2.21 bits per heavy atom. The minimum atomic E-state index is 0.453. The average Bonchev–Trinajstić information content (AvgIpc) is 2.87. The van der Waals surface area contributed by atoms with Gasteiger partial charge in [0.2, 0.25) is 0 Å². The third-order valence-electron chi connectivity index (χ3n) is 3.54. The van der Waals surface area contributed by atoms with Crippen LogP contribution in [-0.2, 0) is 4.74 Å². The molecule has 0 amide bonds. The summed E-state index contributed by atoms with van der Waals surface area (Å²) < 4.78 is 6.96. The Kier molecular flexibility index (Phi) is 3.52. The number of hydrogen-bond acceptors (Lipinski definition) is 5. The number of piperidine rings is 1. The van der Waals surface area contributed by atoms with E-state index in [2.05, 4.69) is 20.0 Å². The fraction of sp³-hybridized carbons (Fsp3) is 0.583. The first-order valence-electron chi connectivity index (χ1n) is 6.38. The SMILES string of the molecule is COCC1CCN(c2cc(Cl)nc3ncnn23)CC1. The maximum Gasteiger partial charge on any atom is 0.255 e. The van der Waals surface area contributed by atoms with Crippen LogP contribution in [0.3, 0.4) is 0 Å². The molecule has 0 N–H and O–H groups in total. The van der Waals surface area contributed by atoms with E-state index in [0.29, 0.717) is 16.8 Å². The summed E-state index contributed by atoms with van der Waals surface area (Å²) in [5, 5.41) is 4.66. The summed E-state index contributed by atoms with van der Waals surface area (Å²) in [4.78, 5) is 10.5. The van der Waals surface area contributed by atoms with Crippen molar-refractivity contribution in [3.8, 4) is 0 Å². The molecule has 7 heteroatoms. The smallest absolute Gasteiger partial charge is 0.255 e. The minimum absolute atomic E-state index is 0.453. The fourth-order valence-corrected chi connectivity index (χ4v) is 2.73. The van der Waals surface area contributed by atoms with E-state index < -0.39 is 0 Å². The Morgan fingerprint density at radius 3 is 2.95 bits per heavy atom. The van der Waals surface area contributed by atoms with Gasteiger partial charge in [0.15, 0.2) is 0 Å². The van der Waals surface area contributed by atoms with E-state index in [1.54, 1.807) is 11.6 Å². The van der Waals surface area contributed by atoms with E-state index in [1.165, 1.54) is 6.33 Å². The molecule has 1 aliphatic rings. The van der Waals surface area contributed by atoms with E-state index in [1.807, 2.05) is 6.07 Å². The van der Waals surface area contributed by atoms with Crippen molar-refractivity contribution in [2.45, 2.75) is 12.8 Å². The van der Waals surface area contributed by atoms with Crippen molar-refractivity contribution < 1.29 is 4.74 Å². The Morgan fingerprint density at radius 1 is 1.42 bits per heavy atom. The lowest BCUT2D eigenvalue weighted by molar-refractivity contribution is 0.139. The number of methoxy groups -OCH3 is 1. The molecular formula is C12H16ClN5O. The second-order valence-electron chi connectivity index (χ2n) is 4.79. The molecule has 1 fully saturated rings. The van der Waals surface area contributed by atoms with Gasteiger partial charge in [0.05, 0.1) is 0 Å². The number of nitrogens with zero attached hydrogens (tertiary/aromatic N) is 5. The van der Waals surface area contributed by atoms with Gasteiger partial charge in [-0.05, 0) is 18.8 Å². The van der Waals surface area contributed by atoms with Crippen LogP contribution in [0.2, 0.25) is 5.15 Å². The van der Waals surface area contributed by atoms with Crippen LogP contribution in [0.15, 0.2) is 12.4 Å². The van der Waals surface area contributed by atoms with Crippen molar-refractivity contribution in [2.24, 2.45) is 5.92 Å². The fourth-order valence-electron chi connectivity index (χ4n) is 2.56. The van der Waals surface area contributed by atoms with Crippen LogP contribution in [0.25, 0.3) is 5.78 Å². The van der Waals surface area contributed by atoms with Crippen LogP contribution in [0.4, 0.5) is 5.82 Å². The molecular weight excluding hydrogens is 266 g/mol. The summed E-state index contributed by atoms with van der Waals surface area (Å²) >= 11 is 6.04. The third kappa shape index (κ3) is 2.50. The van der Waals surface area contributed by atoms with Gasteiger partial charge in [0.1, 0.15) is 17.3 Å². The van der Waals surface area contributed by atoms with Gasteiger partial charge >= 0.3 is 0 Å². The molecule has 3 rings (SSSR count). The van der Waals surface area contributed by atoms with E-state index in [0.717, 1.165) is 38.4 Å². The number of ether oxygens (including phenoxy) is 1. The van der Waals surface area contributed by atoms with Crippen LogP contribution in [0.5, 0.6) is 0 Å². The molecule has 0 atom stereocenters. The van der Waals surface area contributed by atoms with Crippen molar-refractivity contribution in [3.05, 3.63) is 17.5 Å². The van der Waals surface area contributed by atoms with Crippen molar-refractivity contribution in [3.63, 3.8) is 0 Å². The second kappa shape index (κ2) is 5.30. The summed E-state index contributed by atoms with van der Waals surface area (Å²) in [5.41, 5.74) is 0. The molecule has 0 radical (unpaired) electrons. The molecule has 0 unspecified atom stereocenters. The molecule has 1 saturated heterocycles. The van der Waals surface area contributed by atoms with Crippen LogP contribution < -0.4 is 4.90 Å². The van der Waals surface area contributed by atoms with Crippen LogP contribution in [-0.4, -0.2) is 46.4 Å². The third-order valence-corrected chi connectivity index (χ3v) is 3.74. The number of hydrogen-bond donors (Lipinski definition) is 0. The summed E-state index contributed by atoms with van der Waals surface area (Å²) in [5.74, 6) is 2.15. The largest absolute Gasteiger partial charge is 0.384 e. The number of fused-ring (bicyclic) bond motifs is 1. The Labute approximate surface area is 116 Å². The quantitative estimate of drug-likeness (QED) is 0.801. The lowest BCUT2D eigenvalue weighted by Gasteiger charge is -2.33. The first kappa shape index (κ1) is 12.6. The van der Waals surface area contributed by atoms with Gasteiger partial charge < -0.3 is 9.64 Å². The van der Waals surface area contributed by atoms with Crippen molar-refractivity contribution in [2.75, 3.05) is 31.7 Å². The highest BCUT2D eigenvalue weighted by Gasteiger charge is 2.21. The molecule has 19 heavy (non-hydrogen) atoms. The van der Waals surface area contributed by atoms with Crippen molar-refractivity contribution in [1.82, 2.24) is 19.6 Å². The van der Waals surface area contributed by atoms with Crippen molar-refractivity contribution in [1.29, 1.82) is 0 Å². The van der Waals surface area contributed by atoms with Gasteiger partial charge in [-0.1, -0.05) is 11.6 Å². The van der Waals surface area contributed by atoms with Gasteiger partial charge in [-0.15, -0.1) is 0 Å². The lowest BCUT2D eigenvalue weighted by Crippen LogP contribution is -2.36. The van der Waals surface area contributed by atoms with Gasteiger partial charge in [0, 0.05) is 32.9 Å². The summed E-state index contributed by atoms with van der Waals surface area (Å²) in [6.45, 7) is 2.79. The lowest BCUT2D eigenvalue weighted by atomic mass is 9.98. The Hall–Kier alpha value is -1.40. The number of anilines is 1. The van der Waals surface area contributed by atoms with Gasteiger partial charge in [-0.2, -0.15) is 19.6 Å². The zero-order valence-corrected chi connectivity index (χ0v) is 11.5. The summed E-state index contributed by atoms with van der Waals surface area (Å²) in [6, 6.07) is 1.85. The van der Waals surface area contributed by atoms with E-state index in [4.69, 9.17) is 16.3 Å². The highest BCUT2D eigenvalue weighted by molar-refractivity contribution is 6.29. The zero-order chi connectivity index (χ0) is 13.2. The molecule has 0 bridgehead atoms. The first-order chi connectivity index (χ1) is 9.28. The predicted molar refractivity (Wildman–Crippen MR) is 72.6 cm³/mol. The maximum absolute atomic E-state index is 6.04. The molecule has 0 spiro atoms. The normalized spacial score (nSPS) is 17.3. The molecule has 0 aromatic carbocycles. The highest BCUT2D eigenvalue weighted by Crippen LogP contribution is 2.25. The molecule has 2 aromatic heterocycles. The van der Waals surface area contributed by atoms with E-state index in [9.17, 15) is 0 Å².